The van der Waals surface area contributed by atoms with Gasteiger partial charge in [-0.2, -0.15) is 0 Å². The van der Waals surface area contributed by atoms with E-state index in [9.17, 15) is 0 Å². The maximum Gasteiger partial charge on any atom is 0.150 e. The summed E-state index contributed by atoms with van der Waals surface area (Å²) in [6, 6.07) is 10.3. The van der Waals surface area contributed by atoms with Gasteiger partial charge in [0, 0.05) is 22.2 Å². The molecule has 0 N–H and O–H groups in total. The standard InChI is InChI=1S/C13H12BrNS2/c14-9-12-10-15-13(17-12)16-8-4-7-11-5-2-1-3-6-11/h1-7,10H,8-9H2. The fourth-order valence-corrected chi connectivity index (χ4v) is 3.49. The summed E-state index contributed by atoms with van der Waals surface area (Å²) >= 11 is 6.96. The lowest BCUT2D eigenvalue weighted by Gasteiger charge is -1.92. The number of alkyl halides is 1. The number of nitrogens with zero attached hydrogens (tertiary/aromatic N) is 1. The van der Waals surface area contributed by atoms with Gasteiger partial charge >= 0.3 is 0 Å². The Balaban J connectivity index is 1.81. The molecule has 1 heterocycles. The van der Waals surface area contributed by atoms with E-state index in [1.54, 1.807) is 23.1 Å². The van der Waals surface area contributed by atoms with Crippen molar-refractivity contribution in [3.05, 3.63) is 53.0 Å². The number of hydrogen-bond donors (Lipinski definition) is 0. The van der Waals surface area contributed by atoms with Crippen LogP contribution in [0, 0.1) is 0 Å². The summed E-state index contributed by atoms with van der Waals surface area (Å²) in [5.74, 6) is 0.962. The van der Waals surface area contributed by atoms with Gasteiger partial charge < -0.3 is 0 Å². The molecule has 0 unspecified atom stereocenters. The van der Waals surface area contributed by atoms with E-state index in [1.165, 1.54) is 10.4 Å². The first-order chi connectivity index (χ1) is 8.38. The molecule has 1 aromatic heterocycles. The minimum Gasteiger partial charge on any atom is -0.238 e. The molecular formula is C13H12BrNS2. The highest BCUT2D eigenvalue weighted by molar-refractivity contribution is 9.08. The average molecular weight is 326 g/mol. The van der Waals surface area contributed by atoms with Crippen LogP contribution in [0.3, 0.4) is 0 Å². The van der Waals surface area contributed by atoms with Gasteiger partial charge in [-0.3, -0.25) is 0 Å². The zero-order chi connectivity index (χ0) is 11.9. The minimum absolute atomic E-state index is 0.894. The minimum atomic E-state index is 0.894. The molecule has 0 bridgehead atoms. The lowest BCUT2D eigenvalue weighted by atomic mass is 10.2. The summed E-state index contributed by atoms with van der Waals surface area (Å²) in [5, 5.41) is 0.894. The topological polar surface area (TPSA) is 12.9 Å². The molecule has 1 nitrogen and oxygen atoms in total. The van der Waals surface area contributed by atoms with Crippen LogP contribution in [0.5, 0.6) is 0 Å². The highest BCUT2D eigenvalue weighted by atomic mass is 79.9. The van der Waals surface area contributed by atoms with Gasteiger partial charge in [0.25, 0.3) is 0 Å². The predicted molar refractivity (Wildman–Crippen MR) is 80.9 cm³/mol. The molecule has 1 aromatic carbocycles. The Morgan fingerprint density at radius 1 is 1.29 bits per heavy atom. The van der Waals surface area contributed by atoms with Crippen LogP contribution in [-0.4, -0.2) is 10.7 Å². The average Bonchev–Trinajstić information content (AvgIpc) is 2.84. The van der Waals surface area contributed by atoms with E-state index < -0.39 is 0 Å². The van der Waals surface area contributed by atoms with Crippen molar-refractivity contribution in [2.45, 2.75) is 9.67 Å². The van der Waals surface area contributed by atoms with E-state index >= 15 is 0 Å². The molecule has 0 saturated heterocycles. The van der Waals surface area contributed by atoms with Crippen LogP contribution in [0.4, 0.5) is 0 Å². The number of halogens is 1. The third-order valence-corrected chi connectivity index (χ3v) is 5.16. The Morgan fingerprint density at radius 3 is 2.82 bits per heavy atom. The van der Waals surface area contributed by atoms with Gasteiger partial charge in [0.2, 0.25) is 0 Å². The van der Waals surface area contributed by atoms with E-state index in [0.717, 1.165) is 15.4 Å². The monoisotopic (exact) mass is 325 g/mol. The van der Waals surface area contributed by atoms with Gasteiger partial charge in [-0.15, -0.1) is 11.3 Å². The summed E-state index contributed by atoms with van der Waals surface area (Å²) in [6.07, 6.45) is 6.25. The van der Waals surface area contributed by atoms with Crippen molar-refractivity contribution in [1.29, 1.82) is 0 Å². The normalized spacial score (nSPS) is 11.1. The van der Waals surface area contributed by atoms with Gasteiger partial charge in [-0.25, -0.2) is 4.98 Å². The molecule has 0 aliphatic rings. The number of thioether (sulfide) groups is 1. The zero-order valence-electron chi connectivity index (χ0n) is 9.17. The van der Waals surface area contributed by atoms with Crippen LogP contribution in [0.25, 0.3) is 6.08 Å². The van der Waals surface area contributed by atoms with Crippen molar-refractivity contribution in [1.82, 2.24) is 4.98 Å². The predicted octanol–water partition coefficient (Wildman–Crippen LogP) is 4.84. The van der Waals surface area contributed by atoms with Crippen molar-refractivity contribution in [2.75, 3.05) is 5.75 Å². The zero-order valence-corrected chi connectivity index (χ0v) is 12.4. The molecule has 0 radical (unpaired) electrons. The van der Waals surface area contributed by atoms with E-state index in [1.807, 2.05) is 12.3 Å². The lowest BCUT2D eigenvalue weighted by Crippen LogP contribution is -1.72. The number of hydrogen-bond acceptors (Lipinski definition) is 3. The second-order valence-corrected chi connectivity index (χ2v) is 6.29. The van der Waals surface area contributed by atoms with Crippen LogP contribution in [0.1, 0.15) is 10.4 Å². The van der Waals surface area contributed by atoms with Gasteiger partial charge in [0.05, 0.1) is 0 Å². The van der Waals surface area contributed by atoms with Gasteiger partial charge in [0.15, 0.2) is 0 Å². The van der Waals surface area contributed by atoms with Crippen molar-refractivity contribution in [3.63, 3.8) is 0 Å². The van der Waals surface area contributed by atoms with Crippen molar-refractivity contribution in [3.8, 4) is 0 Å². The lowest BCUT2D eigenvalue weighted by molar-refractivity contribution is 1.24. The maximum atomic E-state index is 4.35. The first-order valence-corrected chi connectivity index (χ1v) is 8.16. The molecule has 2 rings (SSSR count). The molecule has 0 saturated carbocycles. The highest BCUT2D eigenvalue weighted by Gasteiger charge is 1.99. The fourth-order valence-electron chi connectivity index (χ4n) is 1.29. The summed E-state index contributed by atoms with van der Waals surface area (Å²) < 4.78 is 1.14. The van der Waals surface area contributed by atoms with E-state index in [2.05, 4.69) is 57.3 Å². The summed E-state index contributed by atoms with van der Waals surface area (Å²) in [7, 11) is 0. The molecule has 0 aliphatic heterocycles. The van der Waals surface area contributed by atoms with Gasteiger partial charge in [-0.05, 0) is 5.56 Å². The van der Waals surface area contributed by atoms with Gasteiger partial charge in [-0.1, -0.05) is 70.2 Å². The molecule has 0 fully saturated rings. The molecule has 0 atom stereocenters. The first-order valence-electron chi connectivity index (χ1n) is 5.23. The Kier molecular flexibility index (Phi) is 5.29. The number of rotatable bonds is 5. The summed E-state index contributed by atoms with van der Waals surface area (Å²) in [4.78, 5) is 5.63. The molecule has 2 aromatic rings. The van der Waals surface area contributed by atoms with Crippen molar-refractivity contribution >= 4 is 45.1 Å². The first kappa shape index (κ1) is 12.9. The second kappa shape index (κ2) is 6.99. The molecule has 0 aliphatic carbocycles. The number of thiazole rings is 1. The molecular weight excluding hydrogens is 314 g/mol. The Bertz CT molecular complexity index is 479. The molecule has 17 heavy (non-hydrogen) atoms. The van der Waals surface area contributed by atoms with Crippen LogP contribution in [0.15, 0.2) is 46.9 Å². The van der Waals surface area contributed by atoms with Crippen LogP contribution in [0.2, 0.25) is 0 Å². The SMILES string of the molecule is BrCc1cnc(SCC=Cc2ccccc2)s1. The largest absolute Gasteiger partial charge is 0.238 e. The Hall–Kier alpha value is -0.580. The van der Waals surface area contributed by atoms with Crippen LogP contribution >= 0.6 is 39.0 Å². The molecule has 0 amide bonds. The third-order valence-electron chi connectivity index (χ3n) is 2.08. The van der Waals surface area contributed by atoms with Crippen molar-refractivity contribution in [2.24, 2.45) is 0 Å². The molecule has 0 spiro atoms. The quantitative estimate of drug-likeness (QED) is 0.576. The van der Waals surface area contributed by atoms with Crippen LogP contribution in [-0.2, 0) is 5.33 Å². The second-order valence-electron chi connectivity index (χ2n) is 3.35. The Labute approximate surface area is 118 Å². The fraction of sp³-hybridized carbons (Fsp3) is 0.154. The number of aromatic nitrogens is 1. The third kappa shape index (κ3) is 4.30. The van der Waals surface area contributed by atoms with E-state index in [-0.39, 0.29) is 0 Å². The van der Waals surface area contributed by atoms with Gasteiger partial charge in [0.1, 0.15) is 4.34 Å². The van der Waals surface area contributed by atoms with Crippen molar-refractivity contribution < 1.29 is 0 Å². The maximum absolute atomic E-state index is 4.35. The number of benzene rings is 1. The van der Waals surface area contributed by atoms with Crippen LogP contribution < -0.4 is 0 Å². The highest BCUT2D eigenvalue weighted by Crippen LogP contribution is 2.25. The summed E-state index contributed by atoms with van der Waals surface area (Å²) in [6.45, 7) is 0. The molecule has 88 valence electrons. The smallest absolute Gasteiger partial charge is 0.150 e. The van der Waals surface area contributed by atoms with E-state index in [0.29, 0.717) is 0 Å². The summed E-state index contributed by atoms with van der Waals surface area (Å²) in [5.41, 5.74) is 1.24. The molecule has 4 heteroatoms. The Morgan fingerprint density at radius 2 is 2.12 bits per heavy atom. The van der Waals surface area contributed by atoms with E-state index in [4.69, 9.17) is 0 Å².